The van der Waals surface area contributed by atoms with Crippen molar-refractivity contribution in [1.82, 2.24) is 14.9 Å². The maximum atomic E-state index is 14.1. The number of piperazine rings is 1. The van der Waals surface area contributed by atoms with Gasteiger partial charge in [0.05, 0.1) is 23.7 Å². The van der Waals surface area contributed by atoms with Crippen molar-refractivity contribution in [2.45, 2.75) is 51.5 Å². The summed E-state index contributed by atoms with van der Waals surface area (Å²) in [5, 5.41) is 8.84. The van der Waals surface area contributed by atoms with Crippen LogP contribution in [-0.2, 0) is 11.3 Å². The molecule has 1 aliphatic carbocycles. The smallest absolute Gasteiger partial charge is 0.410 e. The Bertz CT molecular complexity index is 1030. The molecule has 0 N–H and O–H groups in total. The van der Waals surface area contributed by atoms with E-state index in [-0.39, 0.29) is 30.3 Å². The predicted octanol–water partition coefficient (Wildman–Crippen LogP) is 3.26. The predicted molar refractivity (Wildman–Crippen MR) is 110 cm³/mol. The number of benzene rings is 1. The SMILES string of the molecule is CC(C)(C)OC(=O)N1CCN(c2nccc(OCc3ccc(C#N)cc3F)n2)C2CC21. The van der Waals surface area contributed by atoms with Gasteiger partial charge in [0.1, 0.15) is 18.0 Å². The van der Waals surface area contributed by atoms with Crippen molar-refractivity contribution in [2.75, 3.05) is 18.0 Å². The number of hydrogen-bond acceptors (Lipinski definition) is 7. The van der Waals surface area contributed by atoms with Crippen LogP contribution in [0.25, 0.3) is 0 Å². The lowest BCUT2D eigenvalue weighted by Gasteiger charge is -2.35. The third-order valence-electron chi connectivity index (χ3n) is 5.17. The molecule has 9 heteroatoms. The quantitative estimate of drug-likeness (QED) is 0.742. The normalized spacial score (nSPS) is 20.0. The Balaban J connectivity index is 1.39. The molecule has 1 aromatic carbocycles. The van der Waals surface area contributed by atoms with E-state index in [2.05, 4.69) is 14.9 Å². The molecule has 2 fully saturated rings. The van der Waals surface area contributed by atoms with Crippen molar-refractivity contribution in [3.63, 3.8) is 0 Å². The molecule has 31 heavy (non-hydrogen) atoms. The molecule has 8 nitrogen and oxygen atoms in total. The number of hydrogen-bond donors (Lipinski definition) is 0. The Morgan fingerprint density at radius 2 is 2.10 bits per heavy atom. The van der Waals surface area contributed by atoms with Gasteiger partial charge in [-0.05, 0) is 39.3 Å². The Kier molecular flexibility index (Phi) is 5.39. The Morgan fingerprint density at radius 1 is 1.29 bits per heavy atom. The summed E-state index contributed by atoms with van der Waals surface area (Å²) >= 11 is 0. The van der Waals surface area contributed by atoms with E-state index in [9.17, 15) is 9.18 Å². The lowest BCUT2D eigenvalue weighted by Crippen LogP contribution is -2.50. The summed E-state index contributed by atoms with van der Waals surface area (Å²) in [5.74, 6) is 0.363. The first-order valence-electron chi connectivity index (χ1n) is 10.2. The molecular weight excluding hydrogens is 401 g/mol. The molecule has 2 heterocycles. The number of ether oxygens (including phenoxy) is 2. The Labute approximate surface area is 180 Å². The third kappa shape index (κ3) is 4.68. The molecule has 0 spiro atoms. The highest BCUT2D eigenvalue weighted by molar-refractivity contribution is 5.70. The molecule has 1 saturated carbocycles. The van der Waals surface area contributed by atoms with Crippen molar-refractivity contribution in [3.05, 3.63) is 47.4 Å². The van der Waals surface area contributed by atoms with Crippen LogP contribution in [0.3, 0.4) is 0 Å². The van der Waals surface area contributed by atoms with Crippen molar-refractivity contribution in [1.29, 1.82) is 5.26 Å². The summed E-state index contributed by atoms with van der Waals surface area (Å²) in [6.45, 7) is 6.68. The zero-order chi connectivity index (χ0) is 22.2. The zero-order valence-corrected chi connectivity index (χ0v) is 17.7. The second kappa shape index (κ2) is 8.02. The maximum Gasteiger partial charge on any atom is 0.410 e. The molecule has 2 unspecified atom stereocenters. The van der Waals surface area contributed by atoms with E-state index in [1.54, 1.807) is 23.2 Å². The van der Waals surface area contributed by atoms with Crippen molar-refractivity contribution in [2.24, 2.45) is 0 Å². The molecule has 2 aliphatic rings. The van der Waals surface area contributed by atoms with E-state index in [0.29, 0.717) is 30.5 Å². The fourth-order valence-electron chi connectivity index (χ4n) is 3.62. The average Bonchev–Trinajstić information content (AvgIpc) is 3.51. The standard InChI is InChI=1S/C22H24FN5O3/c1-22(2,3)31-21(29)28-9-8-27(17-11-18(17)28)20-25-7-6-19(26-20)30-13-15-5-4-14(12-24)10-16(15)23/h4-7,10,17-18H,8-9,11,13H2,1-3H3. The van der Waals surface area contributed by atoms with Crippen LogP contribution in [0.5, 0.6) is 5.88 Å². The molecule has 162 valence electrons. The number of aromatic nitrogens is 2. The van der Waals surface area contributed by atoms with Crippen LogP contribution in [-0.4, -0.2) is 51.7 Å². The third-order valence-corrected chi connectivity index (χ3v) is 5.17. The van der Waals surface area contributed by atoms with Gasteiger partial charge in [0, 0.05) is 30.9 Å². The van der Waals surface area contributed by atoms with E-state index in [1.807, 2.05) is 26.8 Å². The molecule has 1 aliphatic heterocycles. The summed E-state index contributed by atoms with van der Waals surface area (Å²) in [5.41, 5.74) is 0.0735. The first-order valence-corrected chi connectivity index (χ1v) is 10.2. The van der Waals surface area contributed by atoms with Crippen molar-refractivity contribution < 1.29 is 18.7 Å². The molecule has 2 atom stereocenters. The summed E-state index contributed by atoms with van der Waals surface area (Å²) in [7, 11) is 0. The van der Waals surface area contributed by atoms with Crippen molar-refractivity contribution in [3.8, 4) is 11.9 Å². The van der Waals surface area contributed by atoms with Gasteiger partial charge in [-0.1, -0.05) is 6.07 Å². The lowest BCUT2D eigenvalue weighted by atomic mass is 10.1. The molecule has 0 radical (unpaired) electrons. The number of amides is 1. The monoisotopic (exact) mass is 425 g/mol. The number of carbonyl (C=O) groups excluding carboxylic acids is 1. The van der Waals surface area contributed by atoms with Crippen LogP contribution in [0.2, 0.25) is 0 Å². The zero-order valence-electron chi connectivity index (χ0n) is 17.7. The van der Waals surface area contributed by atoms with E-state index in [1.165, 1.54) is 12.1 Å². The first-order chi connectivity index (χ1) is 14.7. The van der Waals surface area contributed by atoms with Gasteiger partial charge in [0.2, 0.25) is 11.8 Å². The van der Waals surface area contributed by atoms with Crippen LogP contribution in [0.4, 0.5) is 15.1 Å². The number of nitrogens with zero attached hydrogens (tertiary/aromatic N) is 5. The fraction of sp³-hybridized carbons (Fsp3) is 0.455. The molecule has 0 bridgehead atoms. The van der Waals surface area contributed by atoms with Gasteiger partial charge >= 0.3 is 6.09 Å². The van der Waals surface area contributed by atoms with Crippen LogP contribution in [0, 0.1) is 17.1 Å². The fourth-order valence-corrected chi connectivity index (χ4v) is 3.62. The van der Waals surface area contributed by atoms with Gasteiger partial charge < -0.3 is 19.3 Å². The molecule has 1 amide bonds. The number of rotatable bonds is 4. The molecule has 2 aromatic rings. The minimum Gasteiger partial charge on any atom is -0.473 e. The highest BCUT2D eigenvalue weighted by atomic mass is 19.1. The Hall–Kier alpha value is -3.41. The van der Waals surface area contributed by atoms with Gasteiger partial charge in [-0.25, -0.2) is 14.2 Å². The van der Waals surface area contributed by atoms with Gasteiger partial charge in [0.15, 0.2) is 0 Å². The largest absolute Gasteiger partial charge is 0.473 e. The lowest BCUT2D eigenvalue weighted by molar-refractivity contribution is 0.0218. The average molecular weight is 425 g/mol. The summed E-state index contributed by atoms with van der Waals surface area (Å²) in [6.07, 6.45) is 2.15. The number of nitriles is 1. The molecule has 4 rings (SSSR count). The van der Waals surface area contributed by atoms with Gasteiger partial charge in [0.25, 0.3) is 0 Å². The topological polar surface area (TPSA) is 91.6 Å². The highest BCUT2D eigenvalue weighted by Gasteiger charge is 2.52. The summed E-state index contributed by atoms with van der Waals surface area (Å²) in [6, 6.07) is 8.01. The maximum absolute atomic E-state index is 14.1. The number of carbonyl (C=O) groups is 1. The van der Waals surface area contributed by atoms with E-state index in [0.717, 1.165) is 6.42 Å². The Morgan fingerprint density at radius 3 is 2.81 bits per heavy atom. The van der Waals surface area contributed by atoms with Gasteiger partial charge in [-0.2, -0.15) is 10.2 Å². The van der Waals surface area contributed by atoms with Crippen molar-refractivity contribution >= 4 is 12.0 Å². The molecular formula is C22H24FN5O3. The second-order valence-corrected chi connectivity index (χ2v) is 8.64. The minimum atomic E-state index is -0.526. The first kappa shape index (κ1) is 20.8. The molecule has 1 aromatic heterocycles. The van der Waals surface area contributed by atoms with E-state index >= 15 is 0 Å². The van der Waals surface area contributed by atoms with Crippen LogP contribution < -0.4 is 9.64 Å². The van der Waals surface area contributed by atoms with Gasteiger partial charge in [-0.15, -0.1) is 0 Å². The summed E-state index contributed by atoms with van der Waals surface area (Å²) in [4.78, 5) is 25.1. The number of halogens is 1. The van der Waals surface area contributed by atoms with Crippen LogP contribution in [0.15, 0.2) is 30.5 Å². The van der Waals surface area contributed by atoms with Crippen LogP contribution in [0.1, 0.15) is 38.3 Å². The van der Waals surface area contributed by atoms with E-state index in [4.69, 9.17) is 14.7 Å². The summed E-state index contributed by atoms with van der Waals surface area (Å²) < 4.78 is 25.2. The molecule has 1 saturated heterocycles. The second-order valence-electron chi connectivity index (χ2n) is 8.64. The van der Waals surface area contributed by atoms with Gasteiger partial charge in [-0.3, -0.25) is 0 Å². The number of anilines is 1. The minimum absolute atomic E-state index is 0.00747. The van der Waals surface area contributed by atoms with E-state index < -0.39 is 11.4 Å². The highest BCUT2D eigenvalue weighted by Crippen LogP contribution is 2.39. The number of fused-ring (bicyclic) bond motifs is 1. The van der Waals surface area contributed by atoms with Crippen LogP contribution >= 0.6 is 0 Å².